The summed E-state index contributed by atoms with van der Waals surface area (Å²) in [5.74, 6) is -4.67. The number of rotatable bonds is 12. The van der Waals surface area contributed by atoms with Crippen molar-refractivity contribution in [3.8, 4) is 11.5 Å². The summed E-state index contributed by atoms with van der Waals surface area (Å²) in [5, 5.41) is 47.5. The highest BCUT2D eigenvalue weighted by molar-refractivity contribution is 8.00. The van der Waals surface area contributed by atoms with Crippen molar-refractivity contribution in [1.29, 1.82) is 0 Å². The molecule has 17 nitrogen and oxygen atoms in total. The Bertz CT molecular complexity index is 2120. The van der Waals surface area contributed by atoms with E-state index >= 15 is 0 Å². The van der Waals surface area contributed by atoms with Crippen LogP contribution in [0.4, 0.5) is 5.13 Å². The average Bonchev–Trinajstić information content (AvgIpc) is 3.74. The highest BCUT2D eigenvalue weighted by atomic mass is 32.2. The molecule has 5 heterocycles. The molecule has 52 heavy (non-hydrogen) atoms. The minimum Gasteiger partial charge on any atom is -0.504 e. The molecule has 0 spiro atoms. The summed E-state index contributed by atoms with van der Waals surface area (Å²) in [6.45, 7) is 6.77. The number of aromatic hydroxyl groups is 2. The van der Waals surface area contributed by atoms with Crippen molar-refractivity contribution in [2.24, 2.45) is 5.16 Å². The lowest BCUT2D eigenvalue weighted by molar-refractivity contribution is -0.925. The Morgan fingerprint density at radius 2 is 1.83 bits per heavy atom. The molecule has 3 aliphatic heterocycles. The van der Waals surface area contributed by atoms with Crippen LogP contribution in [0.15, 0.2) is 44.9 Å². The topological polar surface area (TPSA) is 247 Å². The number of fused-ring (bicyclic) bond motifs is 2. The molecule has 3 aromatic rings. The zero-order valence-electron chi connectivity index (χ0n) is 28.5. The number of amides is 2. The molecule has 6 rings (SSSR count). The van der Waals surface area contributed by atoms with E-state index in [9.17, 15) is 44.4 Å². The van der Waals surface area contributed by atoms with Crippen molar-refractivity contribution in [1.82, 2.24) is 19.8 Å². The van der Waals surface area contributed by atoms with Crippen molar-refractivity contribution < 1.29 is 48.9 Å². The minimum atomic E-state index is -1.80. The molecule has 19 heteroatoms. The highest BCUT2D eigenvalue weighted by Gasteiger charge is 2.55. The van der Waals surface area contributed by atoms with E-state index in [2.05, 4.69) is 15.5 Å². The number of oxime groups is 1. The molecule has 7 N–H and O–H groups in total. The number of likely N-dealkylation sites (tertiary alicyclic amines) is 1. The molecule has 276 valence electrons. The smallest absolute Gasteiger partial charge is 0.352 e. The number of nitrogen functional groups attached to an aromatic ring is 1. The van der Waals surface area contributed by atoms with E-state index < -0.39 is 52.2 Å². The Morgan fingerprint density at radius 3 is 2.44 bits per heavy atom. The van der Waals surface area contributed by atoms with E-state index in [1.165, 1.54) is 48.0 Å². The number of hydrogen-bond acceptors (Lipinski definition) is 13. The number of carboxylic acids is 2. The number of benzene rings is 1. The molecule has 0 bridgehead atoms. The van der Waals surface area contributed by atoms with Gasteiger partial charge in [-0.25, -0.2) is 14.6 Å². The van der Waals surface area contributed by atoms with Crippen molar-refractivity contribution in [2.45, 2.75) is 63.7 Å². The predicted octanol–water partition coefficient (Wildman–Crippen LogP) is 1.60. The maximum atomic E-state index is 13.7. The van der Waals surface area contributed by atoms with Gasteiger partial charge in [0.05, 0.1) is 29.6 Å². The fourth-order valence-corrected chi connectivity index (χ4v) is 8.69. The first-order chi connectivity index (χ1) is 24.6. The van der Waals surface area contributed by atoms with Crippen LogP contribution in [0.25, 0.3) is 10.9 Å². The molecule has 2 saturated heterocycles. The number of aromatic nitrogens is 2. The molecule has 0 saturated carbocycles. The van der Waals surface area contributed by atoms with Crippen molar-refractivity contribution >= 4 is 68.6 Å². The van der Waals surface area contributed by atoms with Gasteiger partial charge in [-0.3, -0.25) is 19.3 Å². The number of thiazole rings is 1. The maximum Gasteiger partial charge on any atom is 0.352 e. The second-order valence-electron chi connectivity index (χ2n) is 13.5. The normalized spacial score (nSPS) is 20.1. The summed E-state index contributed by atoms with van der Waals surface area (Å²) in [4.78, 5) is 75.5. The molecule has 1 unspecified atom stereocenters. The van der Waals surface area contributed by atoms with Crippen LogP contribution >= 0.6 is 23.1 Å². The number of thioether (sulfide) groups is 1. The number of carboxylic acid groups (broad SMARTS) is 2. The summed E-state index contributed by atoms with van der Waals surface area (Å²) in [6.07, 6.45) is 3.46. The van der Waals surface area contributed by atoms with Gasteiger partial charge in [0.15, 0.2) is 27.8 Å². The maximum absolute atomic E-state index is 13.7. The van der Waals surface area contributed by atoms with Crippen LogP contribution in [0.2, 0.25) is 0 Å². The Hall–Kier alpha value is -5.14. The van der Waals surface area contributed by atoms with Crippen molar-refractivity contribution in [2.75, 3.05) is 31.1 Å². The van der Waals surface area contributed by atoms with Gasteiger partial charge in [-0.2, -0.15) is 0 Å². The van der Waals surface area contributed by atoms with Gasteiger partial charge in [-0.05, 0) is 26.8 Å². The molecule has 1 aromatic carbocycles. The van der Waals surface area contributed by atoms with E-state index in [1.807, 2.05) is 11.5 Å². The second kappa shape index (κ2) is 13.8. The second-order valence-corrected chi connectivity index (χ2v) is 15.5. The molecule has 2 fully saturated rings. The highest BCUT2D eigenvalue weighted by Crippen LogP contribution is 2.42. The number of nitrogens with one attached hydrogen (secondary N) is 1. The number of phenols is 2. The fraction of sp³-hybridized carbons (Fsp3) is 0.424. The van der Waals surface area contributed by atoms with E-state index in [0.717, 1.165) is 24.2 Å². The Balaban J connectivity index is 1.26. The number of aliphatic carboxylic acids is 2. The zero-order chi connectivity index (χ0) is 37.7. The van der Waals surface area contributed by atoms with E-state index in [1.54, 1.807) is 6.20 Å². The van der Waals surface area contributed by atoms with Crippen molar-refractivity contribution in [3.63, 3.8) is 0 Å². The summed E-state index contributed by atoms with van der Waals surface area (Å²) < 4.78 is 2.21. The van der Waals surface area contributed by atoms with Gasteiger partial charge < -0.3 is 45.4 Å². The number of nitrogens with zero attached hydrogens (tertiary/aromatic N) is 5. The van der Waals surface area contributed by atoms with E-state index in [-0.39, 0.29) is 51.9 Å². The lowest BCUT2D eigenvalue weighted by atomic mass is 10.0. The standard InChI is InChI=1S/C33H37N7O10S2/c1-4-38-11-16(26(43)18-9-21(41)22(42)10-20(18)38)12-40(7-5-6-8-40)13-17-14-51-29-24(28(45)39(29)25(17)30(46)47)36-27(44)23(19-15-52-32(34)35-19)37-50-33(2,3)31(48)49/h9-11,15,24,29H,4-8,12-14H2,1-3H3,(H6-,34,35,36,37,41,42,43,44,46,47,48,49)/p+1/t24-,29?/m1/s1. The van der Waals surface area contributed by atoms with Crippen LogP contribution in [0.3, 0.4) is 0 Å². The minimum absolute atomic E-state index is 0.00112. The van der Waals surface area contributed by atoms with Crippen LogP contribution in [0.5, 0.6) is 11.5 Å². The number of nitrogens with two attached hydrogens (primary N) is 1. The molecule has 0 aliphatic carbocycles. The summed E-state index contributed by atoms with van der Waals surface area (Å²) in [7, 11) is 0. The molecular weight excluding hydrogens is 719 g/mol. The first-order valence-corrected chi connectivity index (χ1v) is 18.3. The van der Waals surface area contributed by atoms with Gasteiger partial charge >= 0.3 is 11.9 Å². The summed E-state index contributed by atoms with van der Waals surface area (Å²) in [6, 6.07) is 1.49. The third-order valence-electron chi connectivity index (χ3n) is 9.53. The SMILES string of the molecule is CCn1cc(C[N+]2(CC3=C(C(=O)O)N4C(=O)[C@@H](NC(=O)/C(=N\OC(C)(C)C(=O)O)c5csc(N)n5)C4SC3)CCCC2)c(=O)c2cc(O)c(O)cc21. The number of aryl methyl sites for hydroxylation is 1. The number of anilines is 1. The first kappa shape index (κ1) is 36.6. The largest absolute Gasteiger partial charge is 0.504 e. The predicted molar refractivity (Wildman–Crippen MR) is 191 cm³/mol. The molecule has 0 radical (unpaired) electrons. The number of hydrogen-bond donors (Lipinski definition) is 6. The van der Waals surface area contributed by atoms with Crippen LogP contribution in [0.1, 0.15) is 44.9 Å². The Labute approximate surface area is 304 Å². The first-order valence-electron chi connectivity index (χ1n) is 16.4. The van der Waals surface area contributed by atoms with E-state index in [0.29, 0.717) is 40.8 Å². The van der Waals surface area contributed by atoms with Gasteiger partial charge in [-0.1, -0.05) is 5.16 Å². The van der Waals surface area contributed by atoms with Gasteiger partial charge in [0.2, 0.25) is 5.60 Å². The van der Waals surface area contributed by atoms with Gasteiger partial charge in [-0.15, -0.1) is 23.1 Å². The molecular formula is C33H38N7O10S2+. The number of carbonyl (C=O) groups excluding carboxylic acids is 2. The number of pyridine rings is 1. The van der Waals surface area contributed by atoms with E-state index in [4.69, 9.17) is 10.6 Å². The monoisotopic (exact) mass is 756 g/mol. The third kappa shape index (κ3) is 6.66. The number of phenolic OH excluding ortho intramolecular Hbond substituents is 2. The number of β-lactam (4-membered cyclic amide) rings is 1. The quantitative estimate of drug-likeness (QED) is 0.0506. The van der Waals surface area contributed by atoms with Crippen LogP contribution in [-0.2, 0) is 37.1 Å². The summed E-state index contributed by atoms with van der Waals surface area (Å²) in [5.41, 5.74) is 4.57. The number of quaternary nitrogens is 1. The zero-order valence-corrected chi connectivity index (χ0v) is 30.1. The summed E-state index contributed by atoms with van der Waals surface area (Å²) >= 11 is 2.30. The molecule has 2 atom stereocenters. The van der Waals surface area contributed by atoms with Gasteiger partial charge in [0.1, 0.15) is 35.9 Å². The third-order valence-corrected chi connectivity index (χ3v) is 11.5. The van der Waals surface area contributed by atoms with Crippen LogP contribution < -0.4 is 16.5 Å². The Kier molecular flexibility index (Phi) is 9.71. The van der Waals surface area contributed by atoms with Crippen LogP contribution in [0, 0.1) is 0 Å². The molecule has 3 aliphatic rings. The lowest BCUT2D eigenvalue weighted by Gasteiger charge is -2.50. The average molecular weight is 757 g/mol. The Morgan fingerprint density at radius 1 is 1.13 bits per heavy atom. The van der Waals surface area contributed by atoms with Crippen molar-refractivity contribution in [3.05, 3.63) is 56.5 Å². The van der Waals surface area contributed by atoms with Gasteiger partial charge in [0, 0.05) is 48.4 Å². The lowest BCUT2D eigenvalue weighted by Crippen LogP contribution is -2.71. The number of carbonyl (C=O) groups is 4. The molecule has 2 amide bonds. The van der Waals surface area contributed by atoms with Gasteiger partial charge in [0.25, 0.3) is 11.8 Å². The fourth-order valence-electron chi connectivity index (χ4n) is 6.81. The van der Waals surface area contributed by atoms with Crippen LogP contribution in [-0.4, -0.2) is 111 Å². The molecule has 2 aromatic heterocycles.